The van der Waals surface area contributed by atoms with E-state index in [1.807, 2.05) is 0 Å². The molecule has 148 valence electrons. The Labute approximate surface area is 166 Å². The Kier molecular flexibility index (Phi) is 8.79. The minimum atomic E-state index is -0.279. The van der Waals surface area contributed by atoms with E-state index >= 15 is 0 Å². The number of anilines is 1. The lowest BCUT2D eigenvalue weighted by Gasteiger charge is -2.11. The van der Waals surface area contributed by atoms with E-state index in [-0.39, 0.29) is 11.8 Å². The van der Waals surface area contributed by atoms with Gasteiger partial charge < -0.3 is 15.4 Å². The van der Waals surface area contributed by atoms with E-state index in [4.69, 9.17) is 4.74 Å². The van der Waals surface area contributed by atoms with Gasteiger partial charge in [-0.1, -0.05) is 44.4 Å². The number of hydrogen-bond acceptors (Lipinski definition) is 3. The van der Waals surface area contributed by atoms with Crippen molar-refractivity contribution >= 4 is 17.5 Å². The Bertz CT molecular complexity index is 785. The zero-order chi connectivity index (χ0) is 20.2. The highest BCUT2D eigenvalue weighted by molar-refractivity contribution is 6.09. The average Bonchev–Trinajstić information content (AvgIpc) is 2.72. The fourth-order valence-electron chi connectivity index (χ4n) is 2.67. The van der Waals surface area contributed by atoms with Crippen LogP contribution in [0, 0.1) is 0 Å². The van der Waals surface area contributed by atoms with E-state index in [1.54, 1.807) is 54.6 Å². The highest BCUT2D eigenvalue weighted by Gasteiger charge is 2.13. The molecule has 5 nitrogen and oxygen atoms in total. The number of unbranched alkanes of at least 4 members (excludes halogenated alkanes) is 3. The van der Waals surface area contributed by atoms with Gasteiger partial charge in [-0.05, 0) is 42.8 Å². The van der Waals surface area contributed by atoms with E-state index in [0.717, 1.165) is 18.6 Å². The van der Waals surface area contributed by atoms with Crippen molar-refractivity contribution in [1.29, 1.82) is 0 Å². The molecule has 28 heavy (non-hydrogen) atoms. The van der Waals surface area contributed by atoms with Gasteiger partial charge in [-0.25, -0.2) is 0 Å². The van der Waals surface area contributed by atoms with Crippen molar-refractivity contribution in [3.63, 3.8) is 0 Å². The van der Waals surface area contributed by atoms with Crippen LogP contribution >= 0.6 is 0 Å². The molecule has 2 aromatic carbocycles. The third-order valence-corrected chi connectivity index (χ3v) is 4.21. The Morgan fingerprint density at radius 1 is 1.00 bits per heavy atom. The predicted molar refractivity (Wildman–Crippen MR) is 113 cm³/mol. The van der Waals surface area contributed by atoms with Gasteiger partial charge >= 0.3 is 0 Å². The second kappa shape index (κ2) is 11.6. The number of amides is 2. The van der Waals surface area contributed by atoms with Crippen LogP contribution in [0.4, 0.5) is 5.69 Å². The summed E-state index contributed by atoms with van der Waals surface area (Å²) in [5, 5.41) is 5.52. The second-order valence-corrected chi connectivity index (χ2v) is 6.43. The van der Waals surface area contributed by atoms with Gasteiger partial charge in [-0.15, -0.1) is 6.58 Å². The average molecular weight is 380 g/mol. The van der Waals surface area contributed by atoms with E-state index in [2.05, 4.69) is 24.1 Å². The van der Waals surface area contributed by atoms with E-state index in [0.29, 0.717) is 30.0 Å². The third kappa shape index (κ3) is 6.58. The lowest BCUT2D eigenvalue weighted by atomic mass is 10.1. The zero-order valence-corrected chi connectivity index (χ0v) is 16.4. The van der Waals surface area contributed by atoms with Crippen molar-refractivity contribution in [2.45, 2.75) is 32.6 Å². The molecule has 0 radical (unpaired) electrons. The van der Waals surface area contributed by atoms with Gasteiger partial charge in [0.05, 0.1) is 17.9 Å². The highest BCUT2D eigenvalue weighted by atomic mass is 16.5. The molecule has 0 aliphatic carbocycles. The van der Waals surface area contributed by atoms with Crippen molar-refractivity contribution in [2.24, 2.45) is 0 Å². The van der Waals surface area contributed by atoms with Crippen molar-refractivity contribution in [3.8, 4) is 5.75 Å². The fraction of sp³-hybridized carbons (Fsp3) is 0.304. The molecule has 0 saturated carbocycles. The van der Waals surface area contributed by atoms with E-state index < -0.39 is 0 Å². The van der Waals surface area contributed by atoms with Gasteiger partial charge in [0.25, 0.3) is 11.8 Å². The first kappa shape index (κ1) is 21.2. The van der Waals surface area contributed by atoms with E-state index in [9.17, 15) is 9.59 Å². The molecule has 2 N–H and O–H groups in total. The zero-order valence-electron chi connectivity index (χ0n) is 16.4. The van der Waals surface area contributed by atoms with Crippen LogP contribution < -0.4 is 15.4 Å². The summed E-state index contributed by atoms with van der Waals surface area (Å²) in [6.07, 6.45) is 6.21. The molecule has 0 aliphatic heterocycles. The molecule has 0 aliphatic rings. The molecule has 0 atom stereocenters. The van der Waals surface area contributed by atoms with Gasteiger partial charge in [-0.3, -0.25) is 9.59 Å². The molecule has 0 fully saturated rings. The number of ether oxygens (including phenoxy) is 1. The minimum Gasteiger partial charge on any atom is -0.494 e. The molecule has 0 saturated heterocycles. The van der Waals surface area contributed by atoms with Crippen LogP contribution in [0.5, 0.6) is 5.75 Å². The number of para-hydroxylation sites is 1. The van der Waals surface area contributed by atoms with Crippen molar-refractivity contribution in [1.82, 2.24) is 5.32 Å². The number of carbonyl (C=O) groups is 2. The topological polar surface area (TPSA) is 67.4 Å². The first-order chi connectivity index (χ1) is 13.7. The lowest BCUT2D eigenvalue weighted by Crippen LogP contribution is -2.25. The van der Waals surface area contributed by atoms with Crippen LogP contribution in [0.1, 0.15) is 53.3 Å². The summed E-state index contributed by atoms with van der Waals surface area (Å²) in [6, 6.07) is 13.9. The Morgan fingerprint density at radius 3 is 2.46 bits per heavy atom. The second-order valence-electron chi connectivity index (χ2n) is 6.43. The molecular weight excluding hydrogens is 352 g/mol. The molecule has 2 aromatic rings. The number of nitrogens with one attached hydrogen (secondary N) is 2. The maximum absolute atomic E-state index is 12.5. The SMILES string of the molecule is C=CCNC(=O)c1ccccc1NC(=O)c1ccc(OCCCCCC)cc1. The molecule has 2 rings (SSSR count). The van der Waals surface area contributed by atoms with Crippen molar-refractivity contribution in [3.05, 3.63) is 72.3 Å². The molecule has 0 spiro atoms. The van der Waals surface area contributed by atoms with Crippen LogP contribution in [0.2, 0.25) is 0 Å². The van der Waals surface area contributed by atoms with Crippen molar-refractivity contribution < 1.29 is 14.3 Å². The number of hydrogen-bond donors (Lipinski definition) is 2. The summed E-state index contributed by atoms with van der Waals surface area (Å²) in [5.41, 5.74) is 1.37. The summed E-state index contributed by atoms with van der Waals surface area (Å²) in [4.78, 5) is 24.8. The lowest BCUT2D eigenvalue weighted by molar-refractivity contribution is 0.0959. The van der Waals surface area contributed by atoms with Crippen molar-refractivity contribution in [2.75, 3.05) is 18.5 Å². The molecule has 2 amide bonds. The van der Waals surface area contributed by atoms with Gasteiger partial charge in [0, 0.05) is 12.1 Å². The first-order valence-electron chi connectivity index (χ1n) is 9.68. The largest absolute Gasteiger partial charge is 0.494 e. The molecule has 0 unspecified atom stereocenters. The number of carbonyl (C=O) groups excluding carboxylic acids is 2. The number of benzene rings is 2. The molecule has 0 aromatic heterocycles. The maximum Gasteiger partial charge on any atom is 0.255 e. The summed E-state index contributed by atoms with van der Waals surface area (Å²) >= 11 is 0. The van der Waals surface area contributed by atoms with Gasteiger partial charge in [0.15, 0.2) is 0 Å². The summed E-state index contributed by atoms with van der Waals surface area (Å²) < 4.78 is 5.70. The fourth-order valence-corrected chi connectivity index (χ4v) is 2.67. The molecule has 0 heterocycles. The van der Waals surface area contributed by atoms with Crippen LogP contribution in [0.25, 0.3) is 0 Å². The van der Waals surface area contributed by atoms with Crippen LogP contribution in [0.15, 0.2) is 61.2 Å². The summed E-state index contributed by atoms with van der Waals surface area (Å²) in [5.74, 6) is 0.207. The van der Waals surface area contributed by atoms with E-state index in [1.165, 1.54) is 12.8 Å². The Morgan fingerprint density at radius 2 is 1.75 bits per heavy atom. The standard InChI is InChI=1S/C23H28N2O3/c1-3-5-6-9-17-28-19-14-12-18(13-15-19)22(26)25-21-11-8-7-10-20(21)23(27)24-16-4-2/h4,7-8,10-15H,2-3,5-6,9,16-17H2,1H3,(H,24,27)(H,25,26). The van der Waals surface area contributed by atoms with Crippen LogP contribution in [-0.4, -0.2) is 25.0 Å². The predicted octanol–water partition coefficient (Wildman–Crippen LogP) is 4.81. The van der Waals surface area contributed by atoms with Gasteiger partial charge in [-0.2, -0.15) is 0 Å². The van der Waals surface area contributed by atoms with Gasteiger partial charge in [0.1, 0.15) is 5.75 Å². The van der Waals surface area contributed by atoms with Crippen LogP contribution in [0.3, 0.4) is 0 Å². The molecular formula is C23H28N2O3. The Hall–Kier alpha value is -3.08. The number of rotatable bonds is 11. The summed E-state index contributed by atoms with van der Waals surface area (Å²) in [6.45, 7) is 6.80. The minimum absolute atomic E-state index is 0.261. The first-order valence-corrected chi connectivity index (χ1v) is 9.68. The normalized spacial score (nSPS) is 10.2. The smallest absolute Gasteiger partial charge is 0.255 e. The highest BCUT2D eigenvalue weighted by Crippen LogP contribution is 2.18. The monoisotopic (exact) mass is 380 g/mol. The van der Waals surface area contributed by atoms with Crippen LogP contribution in [-0.2, 0) is 0 Å². The van der Waals surface area contributed by atoms with Gasteiger partial charge in [0.2, 0.25) is 0 Å². The molecule has 0 bridgehead atoms. The summed E-state index contributed by atoms with van der Waals surface area (Å²) in [7, 11) is 0. The molecule has 5 heteroatoms. The maximum atomic E-state index is 12.5. The quantitative estimate of drug-likeness (QED) is 0.434. The third-order valence-electron chi connectivity index (χ3n) is 4.21. The Balaban J connectivity index is 1.96.